The molecule has 4 heterocycles. The van der Waals surface area contributed by atoms with Crippen molar-refractivity contribution >= 4 is 50.4 Å². The molecule has 0 N–H and O–H groups in total. The summed E-state index contributed by atoms with van der Waals surface area (Å²) in [7, 11) is 0. The van der Waals surface area contributed by atoms with Gasteiger partial charge in [-0.05, 0) is 31.4 Å². The van der Waals surface area contributed by atoms with Crippen molar-refractivity contribution in [2.75, 3.05) is 5.75 Å². The lowest BCUT2D eigenvalue weighted by Gasteiger charge is -2.10. The third-order valence-corrected chi connectivity index (χ3v) is 8.03. The monoisotopic (exact) mass is 481 g/mol. The molecule has 4 rings (SSSR count). The lowest BCUT2D eigenvalue weighted by atomic mass is 10.2. The number of allylic oxidation sites excluding steroid dienone is 2. The Hall–Kier alpha value is -2.68. The zero-order valence-corrected chi connectivity index (χ0v) is 20.4. The van der Waals surface area contributed by atoms with Gasteiger partial charge in [-0.15, -0.1) is 35.8 Å². The minimum atomic E-state index is -0.0985. The second kappa shape index (κ2) is 9.44. The van der Waals surface area contributed by atoms with Crippen LogP contribution in [0, 0.1) is 13.8 Å². The lowest BCUT2D eigenvalue weighted by Crippen LogP contribution is -2.23. The van der Waals surface area contributed by atoms with E-state index in [1.165, 1.54) is 23.1 Å². The van der Waals surface area contributed by atoms with Crippen molar-refractivity contribution in [3.8, 4) is 10.4 Å². The number of thiophene rings is 2. The Morgan fingerprint density at radius 2 is 1.94 bits per heavy atom. The molecule has 0 spiro atoms. The van der Waals surface area contributed by atoms with Gasteiger partial charge in [0.1, 0.15) is 4.83 Å². The maximum absolute atomic E-state index is 13.4. The van der Waals surface area contributed by atoms with Gasteiger partial charge in [0.25, 0.3) is 5.56 Å². The molecular formula is C24H23N3O2S3. The van der Waals surface area contributed by atoms with Crippen LogP contribution in [0.3, 0.4) is 0 Å². The molecule has 8 heteroatoms. The summed E-state index contributed by atoms with van der Waals surface area (Å²) in [6, 6.07) is 5.90. The Morgan fingerprint density at radius 1 is 1.19 bits per heavy atom. The second-order valence-corrected chi connectivity index (χ2v) is 10.0. The smallest absolute Gasteiger partial charge is 0.263 e. The topological polar surface area (TPSA) is 56.9 Å². The Balaban J connectivity index is 1.67. The van der Waals surface area contributed by atoms with Crippen LogP contribution in [-0.4, -0.2) is 25.7 Å². The van der Waals surface area contributed by atoms with Crippen LogP contribution in [-0.2, 0) is 13.1 Å². The van der Waals surface area contributed by atoms with Gasteiger partial charge in [0.2, 0.25) is 0 Å². The average Bonchev–Trinajstić information content (AvgIpc) is 3.50. The van der Waals surface area contributed by atoms with E-state index < -0.39 is 0 Å². The van der Waals surface area contributed by atoms with Crippen LogP contribution in [0.5, 0.6) is 0 Å². The minimum absolute atomic E-state index is 0.0170. The Kier molecular flexibility index (Phi) is 6.64. The first-order valence-corrected chi connectivity index (χ1v) is 12.8. The third kappa shape index (κ3) is 4.05. The Labute approximate surface area is 198 Å². The molecule has 0 atom stereocenters. The maximum atomic E-state index is 13.4. The first-order chi connectivity index (χ1) is 15.5. The fraction of sp³-hybridized carbons (Fsp3) is 0.208. The molecule has 32 heavy (non-hydrogen) atoms. The number of Topliss-reactive ketones (excluding diaryl/α,β-unsaturated/α-hetero) is 1. The largest absolute Gasteiger partial charge is 0.345 e. The number of nitrogens with zero attached hydrogens (tertiary/aromatic N) is 3. The van der Waals surface area contributed by atoms with Crippen LogP contribution >= 0.6 is 34.4 Å². The van der Waals surface area contributed by atoms with Crippen molar-refractivity contribution < 1.29 is 4.79 Å². The number of hydrogen-bond acceptors (Lipinski definition) is 6. The summed E-state index contributed by atoms with van der Waals surface area (Å²) in [4.78, 5) is 32.9. The molecule has 4 aromatic heterocycles. The van der Waals surface area contributed by atoms with Crippen LogP contribution in [0.25, 0.3) is 20.7 Å². The van der Waals surface area contributed by atoms with Crippen molar-refractivity contribution in [2.45, 2.75) is 32.1 Å². The predicted octanol–water partition coefficient (Wildman–Crippen LogP) is 5.95. The third-order valence-electron chi connectivity index (χ3n) is 5.28. The van der Waals surface area contributed by atoms with Crippen LogP contribution < -0.4 is 5.56 Å². The van der Waals surface area contributed by atoms with Crippen LogP contribution in [0.15, 0.2) is 64.2 Å². The fourth-order valence-corrected chi connectivity index (χ4v) is 6.42. The summed E-state index contributed by atoms with van der Waals surface area (Å²) < 4.78 is 3.68. The van der Waals surface area contributed by atoms with Gasteiger partial charge in [-0.2, -0.15) is 0 Å². The summed E-state index contributed by atoms with van der Waals surface area (Å²) in [5, 5.41) is 5.14. The standard InChI is InChI=1S/C24H23N3O2S3/c1-5-9-26-15(3)12-17(16(26)4)19(28)14-32-24-25-22-21(23(29)27(24)10-6-2)18(13-31-22)20-8-7-11-30-20/h5-8,11-13H,1-2,9-10,14H2,3-4H3. The molecule has 0 saturated heterocycles. The van der Waals surface area contributed by atoms with E-state index in [2.05, 4.69) is 17.7 Å². The minimum Gasteiger partial charge on any atom is -0.345 e. The Bertz CT molecular complexity index is 1370. The number of rotatable bonds is 9. The van der Waals surface area contributed by atoms with E-state index in [9.17, 15) is 9.59 Å². The predicted molar refractivity (Wildman–Crippen MR) is 137 cm³/mol. The van der Waals surface area contributed by atoms with E-state index in [1.54, 1.807) is 22.0 Å². The summed E-state index contributed by atoms with van der Waals surface area (Å²) in [5.74, 6) is 0.222. The highest BCUT2D eigenvalue weighted by atomic mass is 32.2. The molecule has 0 fully saturated rings. The first-order valence-electron chi connectivity index (χ1n) is 10.1. The molecule has 0 aliphatic heterocycles. The van der Waals surface area contributed by atoms with Gasteiger partial charge in [-0.3, -0.25) is 14.2 Å². The van der Waals surface area contributed by atoms with Crippen LogP contribution in [0.1, 0.15) is 21.7 Å². The molecule has 4 aromatic rings. The van der Waals surface area contributed by atoms with Crippen molar-refractivity contribution in [1.29, 1.82) is 0 Å². The van der Waals surface area contributed by atoms with E-state index >= 15 is 0 Å². The molecular weight excluding hydrogens is 458 g/mol. The number of hydrogen-bond donors (Lipinski definition) is 0. The zero-order valence-electron chi connectivity index (χ0n) is 18.0. The van der Waals surface area contributed by atoms with E-state index in [0.29, 0.717) is 34.0 Å². The fourth-order valence-electron chi connectivity index (χ4n) is 3.72. The van der Waals surface area contributed by atoms with Gasteiger partial charge in [0, 0.05) is 45.9 Å². The first kappa shape index (κ1) is 22.5. The number of carbonyl (C=O) groups is 1. The maximum Gasteiger partial charge on any atom is 0.263 e. The summed E-state index contributed by atoms with van der Waals surface area (Å²) in [6.45, 7) is 12.5. The summed E-state index contributed by atoms with van der Waals surface area (Å²) in [6.07, 6.45) is 3.50. The van der Waals surface area contributed by atoms with Crippen molar-refractivity contribution in [3.05, 3.63) is 81.6 Å². The van der Waals surface area contributed by atoms with Gasteiger partial charge in [0.05, 0.1) is 11.1 Å². The molecule has 0 unspecified atom stereocenters. The SMILES string of the molecule is C=CCn1c(C)cc(C(=O)CSc2nc3scc(-c4cccs4)c3c(=O)n2CC=C)c1C. The number of fused-ring (bicyclic) bond motifs is 1. The number of thioether (sulfide) groups is 1. The summed E-state index contributed by atoms with van der Waals surface area (Å²) in [5.41, 5.74) is 3.47. The quantitative estimate of drug-likeness (QED) is 0.128. The number of aryl methyl sites for hydroxylation is 1. The van der Waals surface area contributed by atoms with Crippen molar-refractivity contribution in [1.82, 2.24) is 14.1 Å². The normalized spacial score (nSPS) is 11.2. The lowest BCUT2D eigenvalue weighted by molar-refractivity contribution is 0.102. The average molecular weight is 482 g/mol. The Morgan fingerprint density at radius 3 is 2.62 bits per heavy atom. The molecule has 0 bridgehead atoms. The van der Waals surface area contributed by atoms with E-state index in [1.807, 2.05) is 48.9 Å². The van der Waals surface area contributed by atoms with Crippen molar-refractivity contribution in [2.24, 2.45) is 0 Å². The number of carbonyl (C=O) groups excluding carboxylic acids is 1. The van der Waals surface area contributed by atoms with Gasteiger partial charge >= 0.3 is 0 Å². The number of aromatic nitrogens is 3. The molecule has 0 saturated carbocycles. The van der Waals surface area contributed by atoms with Gasteiger partial charge in [-0.1, -0.05) is 30.0 Å². The van der Waals surface area contributed by atoms with Crippen LogP contribution in [0.4, 0.5) is 0 Å². The van der Waals surface area contributed by atoms with Gasteiger partial charge in [0.15, 0.2) is 10.9 Å². The highest BCUT2D eigenvalue weighted by molar-refractivity contribution is 7.99. The molecule has 0 amide bonds. The van der Waals surface area contributed by atoms with Gasteiger partial charge in [-0.25, -0.2) is 4.98 Å². The molecule has 0 aliphatic rings. The summed E-state index contributed by atoms with van der Waals surface area (Å²) >= 11 is 4.35. The van der Waals surface area contributed by atoms with E-state index in [-0.39, 0.29) is 17.1 Å². The van der Waals surface area contributed by atoms with Crippen LogP contribution in [0.2, 0.25) is 0 Å². The number of ketones is 1. The highest BCUT2D eigenvalue weighted by Crippen LogP contribution is 2.34. The van der Waals surface area contributed by atoms with Crippen molar-refractivity contribution in [3.63, 3.8) is 0 Å². The molecule has 0 aliphatic carbocycles. The van der Waals surface area contributed by atoms with Gasteiger partial charge < -0.3 is 4.57 Å². The van der Waals surface area contributed by atoms with E-state index in [0.717, 1.165) is 21.8 Å². The van der Waals surface area contributed by atoms with E-state index in [4.69, 9.17) is 4.98 Å². The molecule has 0 aromatic carbocycles. The highest BCUT2D eigenvalue weighted by Gasteiger charge is 2.20. The second-order valence-electron chi connectivity index (χ2n) is 7.30. The zero-order chi connectivity index (χ0) is 22.8. The molecule has 0 radical (unpaired) electrons. The molecule has 5 nitrogen and oxygen atoms in total. The molecule has 164 valence electrons.